The zero-order valence-corrected chi connectivity index (χ0v) is 22.6. The maximum atomic E-state index is 13.7. The second kappa shape index (κ2) is 10.1. The van der Waals surface area contributed by atoms with Gasteiger partial charge in [-0.2, -0.15) is 4.31 Å². The fourth-order valence-electron chi connectivity index (χ4n) is 5.07. The second-order valence-electron chi connectivity index (χ2n) is 9.91. The summed E-state index contributed by atoms with van der Waals surface area (Å²) in [7, 11) is -3.90. The molecule has 5 rings (SSSR count). The minimum absolute atomic E-state index is 0.00692. The second-order valence-corrected chi connectivity index (χ2v) is 13.0. The lowest BCUT2D eigenvalue weighted by Gasteiger charge is -2.34. The molecule has 1 amide bonds. The molecular weight excluding hydrogens is 516 g/mol. The molecule has 0 saturated carbocycles. The number of ether oxygens (including phenoxy) is 2. The van der Waals surface area contributed by atoms with Crippen molar-refractivity contribution in [3.05, 3.63) is 45.8 Å². The number of thiophene rings is 1. The van der Waals surface area contributed by atoms with Gasteiger partial charge in [-0.1, -0.05) is 26.0 Å². The van der Waals surface area contributed by atoms with E-state index in [1.54, 1.807) is 13.0 Å². The Morgan fingerprint density at radius 2 is 1.89 bits per heavy atom. The molecule has 2 aliphatic rings. The molecule has 12 heteroatoms. The highest BCUT2D eigenvalue weighted by atomic mass is 32.2. The molecule has 4 heterocycles. The molecule has 0 aliphatic carbocycles. The lowest BCUT2D eigenvalue weighted by Crippen LogP contribution is -2.43. The third kappa shape index (κ3) is 5.10. The lowest BCUT2D eigenvalue weighted by atomic mass is 9.94. The number of carbonyl (C=O) groups is 1. The number of rotatable bonds is 6. The first-order valence-corrected chi connectivity index (χ1v) is 14.5. The molecule has 37 heavy (non-hydrogen) atoms. The van der Waals surface area contributed by atoms with Crippen molar-refractivity contribution < 1.29 is 22.7 Å². The average Bonchev–Trinajstić information content (AvgIpc) is 3.21. The number of hydrogen-bond acceptors (Lipinski definition) is 8. The highest BCUT2D eigenvalue weighted by Crippen LogP contribution is 2.35. The topological polar surface area (TPSA) is 120 Å². The van der Waals surface area contributed by atoms with Gasteiger partial charge < -0.3 is 14.8 Å². The average molecular weight is 547 g/mol. The van der Waals surface area contributed by atoms with Gasteiger partial charge in [0, 0.05) is 18.0 Å². The Labute approximate surface area is 219 Å². The molecule has 0 radical (unpaired) electrons. The van der Waals surface area contributed by atoms with Gasteiger partial charge in [0.25, 0.3) is 5.56 Å². The van der Waals surface area contributed by atoms with Crippen LogP contribution in [0, 0.1) is 18.8 Å². The van der Waals surface area contributed by atoms with E-state index in [-0.39, 0.29) is 47.9 Å². The summed E-state index contributed by atoms with van der Waals surface area (Å²) in [5.74, 6) is 1.31. The summed E-state index contributed by atoms with van der Waals surface area (Å²) >= 11 is 1.18. The Balaban J connectivity index is 1.34. The normalized spacial score (nSPS) is 22.2. The van der Waals surface area contributed by atoms with Gasteiger partial charge in [0.05, 0.1) is 18.3 Å². The number of para-hydroxylation sites is 2. The van der Waals surface area contributed by atoms with Gasteiger partial charge in [0.15, 0.2) is 11.5 Å². The Morgan fingerprint density at radius 1 is 1.19 bits per heavy atom. The summed E-state index contributed by atoms with van der Waals surface area (Å²) in [4.78, 5) is 31.3. The molecule has 0 bridgehead atoms. The van der Waals surface area contributed by atoms with Gasteiger partial charge in [-0.3, -0.25) is 14.2 Å². The van der Waals surface area contributed by atoms with Crippen LogP contribution < -0.4 is 20.3 Å². The van der Waals surface area contributed by atoms with Crippen molar-refractivity contribution in [2.45, 2.75) is 44.7 Å². The molecular formula is C25H30N4O6S2. The smallest absolute Gasteiger partial charge is 0.263 e. The van der Waals surface area contributed by atoms with E-state index in [0.29, 0.717) is 34.3 Å². The van der Waals surface area contributed by atoms with Crippen molar-refractivity contribution in [2.75, 3.05) is 26.2 Å². The summed E-state index contributed by atoms with van der Waals surface area (Å²) in [5, 5.41) is 2.81. The summed E-state index contributed by atoms with van der Waals surface area (Å²) in [5.41, 5.74) is -0.549. The van der Waals surface area contributed by atoms with Crippen molar-refractivity contribution in [3.63, 3.8) is 0 Å². The van der Waals surface area contributed by atoms with Crippen LogP contribution in [0.5, 0.6) is 11.5 Å². The monoisotopic (exact) mass is 546 g/mol. The van der Waals surface area contributed by atoms with E-state index in [1.807, 2.05) is 32.0 Å². The highest BCUT2D eigenvalue weighted by molar-refractivity contribution is 7.89. The van der Waals surface area contributed by atoms with Crippen LogP contribution in [0.4, 0.5) is 0 Å². The maximum absolute atomic E-state index is 13.7. The van der Waals surface area contributed by atoms with E-state index >= 15 is 0 Å². The molecule has 2 aromatic heterocycles. The minimum atomic E-state index is -3.90. The molecule has 0 spiro atoms. The van der Waals surface area contributed by atoms with E-state index < -0.39 is 21.5 Å². The van der Waals surface area contributed by atoms with Crippen LogP contribution in [0.3, 0.4) is 0 Å². The number of amides is 1. The quantitative estimate of drug-likeness (QED) is 0.504. The zero-order chi connectivity index (χ0) is 26.3. The molecule has 10 nitrogen and oxygen atoms in total. The Kier molecular flexibility index (Phi) is 6.99. The molecule has 3 aromatic rings. The van der Waals surface area contributed by atoms with E-state index in [4.69, 9.17) is 9.47 Å². The SMILES string of the molecule is Cc1sc2ncn(CC(=O)NC[C@@H]3COc4ccccc4O3)c(=O)c2c1S(=O)(=O)N1C[C@H](C)C[C@@H](C)C1. The molecule has 1 saturated heterocycles. The summed E-state index contributed by atoms with van der Waals surface area (Å²) in [6.07, 6.45) is 1.88. The maximum Gasteiger partial charge on any atom is 0.263 e. The number of nitrogens with one attached hydrogen (secondary N) is 1. The van der Waals surface area contributed by atoms with Crippen molar-refractivity contribution in [1.29, 1.82) is 0 Å². The first-order chi connectivity index (χ1) is 17.6. The van der Waals surface area contributed by atoms with Crippen LogP contribution in [0.1, 0.15) is 25.1 Å². The number of nitrogens with zero attached hydrogens (tertiary/aromatic N) is 3. The van der Waals surface area contributed by atoms with Crippen molar-refractivity contribution in [2.24, 2.45) is 11.8 Å². The number of carbonyl (C=O) groups excluding carboxylic acids is 1. The van der Waals surface area contributed by atoms with Crippen LogP contribution in [0.25, 0.3) is 10.2 Å². The number of hydrogen-bond donors (Lipinski definition) is 1. The summed E-state index contributed by atoms with van der Waals surface area (Å²) in [6.45, 7) is 6.78. The third-order valence-corrected chi connectivity index (χ3v) is 9.79. The third-order valence-electron chi connectivity index (χ3n) is 6.64. The molecule has 1 fully saturated rings. The molecule has 198 valence electrons. The van der Waals surface area contributed by atoms with Crippen LogP contribution in [-0.2, 0) is 21.4 Å². The number of aromatic nitrogens is 2. The van der Waals surface area contributed by atoms with E-state index in [2.05, 4.69) is 10.3 Å². The fourth-order valence-corrected chi connectivity index (χ4v) is 8.42. The highest BCUT2D eigenvalue weighted by Gasteiger charge is 2.36. The molecule has 1 N–H and O–H groups in total. The van der Waals surface area contributed by atoms with Crippen LogP contribution >= 0.6 is 11.3 Å². The first kappa shape index (κ1) is 25.7. The van der Waals surface area contributed by atoms with Gasteiger partial charge in [-0.25, -0.2) is 13.4 Å². The zero-order valence-electron chi connectivity index (χ0n) is 21.0. The van der Waals surface area contributed by atoms with Gasteiger partial charge in [0.2, 0.25) is 15.9 Å². The standard InChI is InChI=1S/C25H30N4O6S2/c1-15-8-16(2)11-29(10-15)37(32,33)23-17(3)36-24-22(23)25(31)28(14-27-24)12-21(30)26-9-18-13-34-19-6-4-5-7-20(19)35-18/h4-7,14-16,18H,8-13H2,1-3H3,(H,26,30)/t15-,16-,18-/m1/s1. The predicted molar refractivity (Wildman–Crippen MR) is 140 cm³/mol. The molecule has 3 atom stereocenters. The minimum Gasteiger partial charge on any atom is -0.486 e. The molecule has 0 unspecified atom stereocenters. The first-order valence-electron chi connectivity index (χ1n) is 12.3. The number of sulfonamides is 1. The lowest BCUT2D eigenvalue weighted by molar-refractivity contribution is -0.122. The van der Waals surface area contributed by atoms with Crippen LogP contribution in [0.15, 0.2) is 40.3 Å². The molecule has 1 aromatic carbocycles. The number of fused-ring (bicyclic) bond motifs is 2. The van der Waals surface area contributed by atoms with Gasteiger partial charge in [-0.15, -0.1) is 11.3 Å². The van der Waals surface area contributed by atoms with Gasteiger partial charge >= 0.3 is 0 Å². The Bertz CT molecular complexity index is 1490. The summed E-state index contributed by atoms with van der Waals surface area (Å²) < 4.78 is 41.5. The molecule has 2 aliphatic heterocycles. The fraction of sp³-hybridized carbons (Fsp3) is 0.480. The van der Waals surface area contributed by atoms with Crippen molar-refractivity contribution in [3.8, 4) is 11.5 Å². The Morgan fingerprint density at radius 3 is 2.62 bits per heavy atom. The van der Waals surface area contributed by atoms with Crippen molar-refractivity contribution in [1.82, 2.24) is 19.2 Å². The Hall–Kier alpha value is -2.96. The number of benzene rings is 1. The number of piperidine rings is 1. The summed E-state index contributed by atoms with van der Waals surface area (Å²) in [6, 6.07) is 7.30. The van der Waals surface area contributed by atoms with E-state index in [9.17, 15) is 18.0 Å². The largest absolute Gasteiger partial charge is 0.486 e. The van der Waals surface area contributed by atoms with Gasteiger partial charge in [-0.05, 0) is 37.3 Å². The van der Waals surface area contributed by atoms with Crippen LogP contribution in [-0.4, -0.2) is 60.5 Å². The predicted octanol–water partition coefficient (Wildman–Crippen LogP) is 2.39. The van der Waals surface area contributed by atoms with Crippen LogP contribution in [0.2, 0.25) is 0 Å². The van der Waals surface area contributed by atoms with E-state index in [0.717, 1.165) is 11.0 Å². The van der Waals surface area contributed by atoms with Gasteiger partial charge in [0.1, 0.15) is 29.0 Å². The van der Waals surface area contributed by atoms with E-state index in [1.165, 1.54) is 22.0 Å². The van der Waals surface area contributed by atoms with Crippen molar-refractivity contribution >= 4 is 37.5 Å². The number of aryl methyl sites for hydroxylation is 1.